The van der Waals surface area contributed by atoms with Crippen LogP contribution in [-0.2, 0) is 0 Å². The van der Waals surface area contributed by atoms with Crippen molar-refractivity contribution in [3.8, 4) is 0 Å². The predicted molar refractivity (Wildman–Crippen MR) is 74.9 cm³/mol. The standard InChI is InChI=1S/C14H11Cl2N/c1-10-4-2-3-5-14(10)17-9-11-6-7-12(15)8-13(11)16/h2-9H,1H3. The second-order valence-electron chi connectivity index (χ2n) is 3.71. The molecule has 0 fully saturated rings. The van der Waals surface area contributed by atoms with E-state index >= 15 is 0 Å². The minimum atomic E-state index is 0.606. The summed E-state index contributed by atoms with van der Waals surface area (Å²) in [4.78, 5) is 4.41. The number of nitrogens with zero attached hydrogens (tertiary/aromatic N) is 1. The van der Waals surface area contributed by atoms with Gasteiger partial charge in [-0.2, -0.15) is 0 Å². The van der Waals surface area contributed by atoms with E-state index in [1.165, 1.54) is 0 Å². The predicted octanol–water partition coefficient (Wildman–Crippen LogP) is 5.05. The van der Waals surface area contributed by atoms with Gasteiger partial charge in [0.1, 0.15) is 0 Å². The Kier molecular flexibility index (Phi) is 3.82. The lowest BCUT2D eigenvalue weighted by Crippen LogP contribution is -1.83. The number of hydrogen-bond donors (Lipinski definition) is 0. The van der Waals surface area contributed by atoms with E-state index in [0.29, 0.717) is 10.0 Å². The molecule has 0 aliphatic heterocycles. The fourth-order valence-electron chi connectivity index (χ4n) is 1.45. The molecule has 0 aliphatic carbocycles. The molecule has 0 saturated carbocycles. The monoisotopic (exact) mass is 263 g/mol. The number of hydrogen-bond acceptors (Lipinski definition) is 1. The first-order valence-electron chi connectivity index (χ1n) is 5.21. The van der Waals surface area contributed by atoms with Crippen LogP contribution in [0.25, 0.3) is 0 Å². The van der Waals surface area contributed by atoms with Crippen molar-refractivity contribution in [1.82, 2.24) is 0 Å². The van der Waals surface area contributed by atoms with Gasteiger partial charge in [-0.25, -0.2) is 0 Å². The maximum absolute atomic E-state index is 6.06. The Balaban J connectivity index is 2.29. The maximum Gasteiger partial charge on any atom is 0.0659 e. The Morgan fingerprint density at radius 1 is 1.06 bits per heavy atom. The minimum absolute atomic E-state index is 0.606. The summed E-state index contributed by atoms with van der Waals surface area (Å²) in [7, 11) is 0. The van der Waals surface area contributed by atoms with Gasteiger partial charge in [0.25, 0.3) is 0 Å². The fraction of sp³-hybridized carbons (Fsp3) is 0.0714. The van der Waals surface area contributed by atoms with Crippen LogP contribution >= 0.6 is 23.2 Å². The molecule has 0 saturated heterocycles. The molecule has 0 amide bonds. The van der Waals surface area contributed by atoms with Crippen molar-refractivity contribution in [2.24, 2.45) is 4.99 Å². The SMILES string of the molecule is Cc1ccccc1N=Cc1ccc(Cl)cc1Cl. The van der Waals surface area contributed by atoms with Gasteiger partial charge in [-0.05, 0) is 30.7 Å². The first kappa shape index (κ1) is 12.2. The second kappa shape index (κ2) is 5.35. The number of halogens is 2. The first-order valence-corrected chi connectivity index (χ1v) is 5.97. The fourth-order valence-corrected chi connectivity index (χ4v) is 1.91. The highest BCUT2D eigenvalue weighted by Gasteiger charge is 1.98. The average Bonchev–Trinajstić information content (AvgIpc) is 2.30. The van der Waals surface area contributed by atoms with Gasteiger partial charge in [0, 0.05) is 16.8 Å². The molecule has 0 heterocycles. The number of benzene rings is 2. The molecule has 1 nitrogen and oxygen atoms in total. The molecule has 0 aromatic heterocycles. The van der Waals surface area contributed by atoms with Crippen molar-refractivity contribution in [2.75, 3.05) is 0 Å². The molecule has 0 unspecified atom stereocenters. The molecule has 2 aromatic carbocycles. The molecule has 0 spiro atoms. The third-order valence-corrected chi connectivity index (χ3v) is 2.98. The number of aliphatic imine (C=N–C) groups is 1. The summed E-state index contributed by atoms with van der Waals surface area (Å²) in [5.41, 5.74) is 2.94. The van der Waals surface area contributed by atoms with Crippen molar-refractivity contribution in [3.63, 3.8) is 0 Å². The summed E-state index contributed by atoms with van der Waals surface area (Å²) in [6, 6.07) is 13.3. The molecule has 17 heavy (non-hydrogen) atoms. The zero-order chi connectivity index (χ0) is 12.3. The van der Waals surface area contributed by atoms with Gasteiger partial charge in [0.15, 0.2) is 0 Å². The van der Waals surface area contributed by atoms with Gasteiger partial charge < -0.3 is 0 Å². The quantitative estimate of drug-likeness (QED) is 0.673. The van der Waals surface area contributed by atoms with Crippen molar-refractivity contribution >= 4 is 35.1 Å². The van der Waals surface area contributed by atoms with Crippen LogP contribution in [0.15, 0.2) is 47.5 Å². The Hall–Kier alpha value is -1.31. The third-order valence-electron chi connectivity index (χ3n) is 2.42. The molecule has 2 rings (SSSR count). The average molecular weight is 264 g/mol. The van der Waals surface area contributed by atoms with Crippen LogP contribution in [0.3, 0.4) is 0 Å². The number of aryl methyl sites for hydroxylation is 1. The second-order valence-corrected chi connectivity index (χ2v) is 4.55. The van der Waals surface area contributed by atoms with Gasteiger partial charge in [-0.3, -0.25) is 4.99 Å². The maximum atomic E-state index is 6.06. The summed E-state index contributed by atoms with van der Waals surface area (Å²) in [5.74, 6) is 0. The van der Waals surface area contributed by atoms with Crippen LogP contribution in [0.4, 0.5) is 5.69 Å². The van der Waals surface area contributed by atoms with Gasteiger partial charge in [-0.15, -0.1) is 0 Å². The summed E-state index contributed by atoms with van der Waals surface area (Å²) in [5, 5.41) is 1.23. The van der Waals surface area contributed by atoms with Crippen LogP contribution in [0.1, 0.15) is 11.1 Å². The molecule has 86 valence electrons. The smallest absolute Gasteiger partial charge is 0.0659 e. The van der Waals surface area contributed by atoms with E-state index in [9.17, 15) is 0 Å². The minimum Gasteiger partial charge on any atom is -0.256 e. The summed E-state index contributed by atoms with van der Waals surface area (Å²) >= 11 is 11.9. The van der Waals surface area contributed by atoms with E-state index in [2.05, 4.69) is 4.99 Å². The van der Waals surface area contributed by atoms with Gasteiger partial charge in [-0.1, -0.05) is 47.5 Å². The van der Waals surface area contributed by atoms with Gasteiger partial charge in [0.05, 0.1) is 10.7 Å². The van der Waals surface area contributed by atoms with Crippen LogP contribution in [0, 0.1) is 6.92 Å². The normalized spacial score (nSPS) is 11.0. The Labute approximate surface area is 111 Å². The van der Waals surface area contributed by atoms with Crippen molar-refractivity contribution < 1.29 is 0 Å². The number of rotatable bonds is 2. The van der Waals surface area contributed by atoms with Crippen LogP contribution in [-0.4, -0.2) is 6.21 Å². The highest BCUT2D eigenvalue weighted by atomic mass is 35.5. The summed E-state index contributed by atoms with van der Waals surface area (Å²) in [6.45, 7) is 2.02. The van der Waals surface area contributed by atoms with E-state index in [-0.39, 0.29) is 0 Å². The first-order chi connectivity index (χ1) is 8.16. The van der Waals surface area contributed by atoms with E-state index in [4.69, 9.17) is 23.2 Å². The van der Waals surface area contributed by atoms with Crippen molar-refractivity contribution in [1.29, 1.82) is 0 Å². The zero-order valence-corrected chi connectivity index (χ0v) is 10.8. The highest BCUT2D eigenvalue weighted by molar-refractivity contribution is 6.36. The summed E-state index contributed by atoms with van der Waals surface area (Å²) in [6.07, 6.45) is 1.75. The van der Waals surface area contributed by atoms with E-state index in [0.717, 1.165) is 16.8 Å². The van der Waals surface area contributed by atoms with Gasteiger partial charge >= 0.3 is 0 Å². The molecule has 0 radical (unpaired) electrons. The van der Waals surface area contributed by atoms with Crippen molar-refractivity contribution in [3.05, 3.63) is 63.6 Å². The lowest BCUT2D eigenvalue weighted by Gasteiger charge is -2.00. The summed E-state index contributed by atoms with van der Waals surface area (Å²) < 4.78 is 0. The lowest BCUT2D eigenvalue weighted by molar-refractivity contribution is 1.40. The number of para-hydroxylation sites is 1. The van der Waals surface area contributed by atoms with Crippen LogP contribution in [0.2, 0.25) is 10.0 Å². The lowest BCUT2D eigenvalue weighted by atomic mass is 10.2. The van der Waals surface area contributed by atoms with Crippen LogP contribution < -0.4 is 0 Å². The Bertz CT molecular complexity index is 562. The Morgan fingerprint density at radius 3 is 2.53 bits per heavy atom. The van der Waals surface area contributed by atoms with E-state index in [1.807, 2.05) is 37.3 Å². The van der Waals surface area contributed by atoms with Gasteiger partial charge in [0.2, 0.25) is 0 Å². The molecule has 0 atom stereocenters. The molecule has 0 N–H and O–H groups in total. The molecule has 3 heteroatoms. The van der Waals surface area contributed by atoms with E-state index < -0.39 is 0 Å². The largest absolute Gasteiger partial charge is 0.256 e. The molecule has 0 bridgehead atoms. The molecular formula is C14H11Cl2N. The zero-order valence-electron chi connectivity index (χ0n) is 9.32. The molecule has 2 aromatic rings. The van der Waals surface area contributed by atoms with E-state index in [1.54, 1.807) is 18.3 Å². The highest BCUT2D eigenvalue weighted by Crippen LogP contribution is 2.21. The topological polar surface area (TPSA) is 12.4 Å². The molecular weight excluding hydrogens is 253 g/mol. The van der Waals surface area contributed by atoms with Crippen LogP contribution in [0.5, 0.6) is 0 Å². The Morgan fingerprint density at radius 2 is 1.82 bits per heavy atom. The van der Waals surface area contributed by atoms with Crippen molar-refractivity contribution in [2.45, 2.75) is 6.92 Å². The third kappa shape index (κ3) is 3.09. The molecule has 0 aliphatic rings.